The van der Waals surface area contributed by atoms with Crippen molar-refractivity contribution in [3.05, 3.63) is 39.8 Å². The zero-order valence-electron chi connectivity index (χ0n) is 39.1. The van der Waals surface area contributed by atoms with Crippen molar-refractivity contribution in [2.75, 3.05) is 81.7 Å². The third-order valence-corrected chi connectivity index (χ3v) is 12.1. The minimum atomic E-state index is -0.987. The molecular weight excluding hydrogens is 855 g/mol. The van der Waals surface area contributed by atoms with Crippen LogP contribution >= 0.6 is 11.3 Å². The van der Waals surface area contributed by atoms with Gasteiger partial charge < -0.3 is 38.8 Å². The number of nitriles is 2. The maximum Gasteiger partial charge on any atom is 0.307 e. The van der Waals surface area contributed by atoms with Gasteiger partial charge in [0.1, 0.15) is 35.2 Å². The van der Waals surface area contributed by atoms with E-state index in [9.17, 15) is 39.9 Å². The number of anilines is 3. The normalized spacial score (nSPS) is 11.8. The Balaban J connectivity index is 1.85. The fraction of sp³-hybridized carbons (Fsp3) is 0.667. The SMILES string of the molecule is CCCCCCCCC(CC(=O)OCCOCCOCCN(CCOCCOC(=O)CC(CCCCCCCC)C(=O)O)c1ccc(NNc2sc(C#N)c(C)c2C#N)c(C)c1)C(=O)O. The van der Waals surface area contributed by atoms with Crippen molar-refractivity contribution >= 4 is 51.6 Å². The molecule has 0 aliphatic carbocycles. The zero-order valence-corrected chi connectivity index (χ0v) is 39.9. The van der Waals surface area contributed by atoms with Gasteiger partial charge in [0, 0.05) is 18.8 Å². The number of benzene rings is 1. The fourth-order valence-corrected chi connectivity index (χ4v) is 7.92. The van der Waals surface area contributed by atoms with Crippen LogP contribution in [0.3, 0.4) is 0 Å². The maximum absolute atomic E-state index is 12.4. The first-order valence-electron chi connectivity index (χ1n) is 23.3. The van der Waals surface area contributed by atoms with Gasteiger partial charge in [0.15, 0.2) is 0 Å². The lowest BCUT2D eigenvalue weighted by molar-refractivity contribution is -0.152. The number of carboxylic acids is 2. The lowest BCUT2D eigenvalue weighted by Gasteiger charge is -2.26. The van der Waals surface area contributed by atoms with Crippen molar-refractivity contribution < 1.29 is 53.1 Å². The number of rotatable bonds is 39. The smallest absolute Gasteiger partial charge is 0.307 e. The van der Waals surface area contributed by atoms with E-state index >= 15 is 0 Å². The van der Waals surface area contributed by atoms with E-state index in [1.165, 1.54) is 24.2 Å². The van der Waals surface area contributed by atoms with Crippen LogP contribution in [0.5, 0.6) is 0 Å². The molecule has 65 heavy (non-hydrogen) atoms. The number of hydrazine groups is 1. The van der Waals surface area contributed by atoms with Gasteiger partial charge in [-0.2, -0.15) is 10.5 Å². The average molecular weight is 928 g/mol. The minimum Gasteiger partial charge on any atom is -0.481 e. The van der Waals surface area contributed by atoms with Crippen molar-refractivity contribution in [3.63, 3.8) is 0 Å². The van der Waals surface area contributed by atoms with Gasteiger partial charge in [-0.25, -0.2) is 0 Å². The summed E-state index contributed by atoms with van der Waals surface area (Å²) in [6.45, 7) is 10.5. The Morgan fingerprint density at radius 2 is 1.14 bits per heavy atom. The summed E-state index contributed by atoms with van der Waals surface area (Å²) < 4.78 is 27.8. The van der Waals surface area contributed by atoms with Gasteiger partial charge in [0.25, 0.3) is 0 Å². The second kappa shape index (κ2) is 34.4. The molecule has 0 saturated carbocycles. The standard InChI is InChI=1S/C48H73N5O11S/c1-5-7-9-11-13-15-17-38(47(56)57)32-44(54)63-29-27-61-24-22-53(40-19-20-42(36(3)31-40)51-52-46-41(34-49)37(4)43(35-50)65-46)21-23-60-25-26-62-28-30-64-45(55)33-39(48(58)59)18-16-14-12-10-8-6-2/h19-20,31,38-39,51-52H,5-18,21-30,32-33H2,1-4H3,(H,56,57)(H,58,59). The molecule has 0 radical (unpaired) electrons. The first kappa shape index (κ1) is 56.2. The lowest BCUT2D eigenvalue weighted by atomic mass is 9.97. The zero-order chi connectivity index (χ0) is 47.7. The highest BCUT2D eigenvalue weighted by molar-refractivity contribution is 7.17. The van der Waals surface area contributed by atoms with Crippen molar-refractivity contribution in [2.45, 2.75) is 130 Å². The number of carbonyl (C=O) groups is 4. The molecule has 0 saturated heterocycles. The van der Waals surface area contributed by atoms with E-state index in [0.29, 0.717) is 66.8 Å². The highest BCUT2D eigenvalue weighted by atomic mass is 32.1. The fourth-order valence-electron chi connectivity index (χ4n) is 7.01. The van der Waals surface area contributed by atoms with Crippen LogP contribution in [0.1, 0.15) is 138 Å². The largest absolute Gasteiger partial charge is 0.481 e. The predicted octanol–water partition coefficient (Wildman–Crippen LogP) is 9.17. The molecule has 2 aromatic rings. The predicted molar refractivity (Wildman–Crippen MR) is 251 cm³/mol. The van der Waals surface area contributed by atoms with Crippen LogP contribution < -0.4 is 15.8 Å². The van der Waals surface area contributed by atoms with Crippen LogP contribution in [0.4, 0.5) is 16.4 Å². The molecule has 0 fully saturated rings. The van der Waals surface area contributed by atoms with Gasteiger partial charge in [-0.05, 0) is 56.0 Å². The Kier molecular flexibility index (Phi) is 29.7. The van der Waals surface area contributed by atoms with Crippen LogP contribution in [0.2, 0.25) is 0 Å². The first-order valence-corrected chi connectivity index (χ1v) is 24.1. The van der Waals surface area contributed by atoms with Crippen molar-refractivity contribution in [2.24, 2.45) is 11.8 Å². The summed E-state index contributed by atoms with van der Waals surface area (Å²) in [6, 6.07) is 10.1. The second-order valence-corrected chi connectivity index (χ2v) is 17.1. The van der Waals surface area contributed by atoms with E-state index in [1.54, 1.807) is 6.92 Å². The molecule has 0 amide bonds. The molecule has 0 aliphatic rings. The van der Waals surface area contributed by atoms with E-state index < -0.39 is 35.7 Å². The molecule has 0 bridgehead atoms. The van der Waals surface area contributed by atoms with Crippen LogP contribution in [0, 0.1) is 48.3 Å². The first-order chi connectivity index (χ1) is 31.4. The molecule has 2 atom stereocenters. The Morgan fingerprint density at radius 3 is 1.60 bits per heavy atom. The third-order valence-electron chi connectivity index (χ3n) is 10.9. The number of carboxylic acid groups (broad SMARTS) is 2. The second-order valence-electron chi connectivity index (χ2n) is 16.1. The lowest BCUT2D eigenvalue weighted by Crippen LogP contribution is -2.32. The molecule has 1 heterocycles. The molecule has 2 unspecified atom stereocenters. The Labute approximate surface area is 389 Å². The highest BCUT2D eigenvalue weighted by Gasteiger charge is 2.23. The summed E-state index contributed by atoms with van der Waals surface area (Å²) in [5, 5.41) is 38.7. The molecule has 17 heteroatoms. The number of aliphatic carboxylic acids is 2. The number of unbranched alkanes of at least 4 members (excludes halogenated alkanes) is 10. The minimum absolute atomic E-state index is 0.00617. The summed E-state index contributed by atoms with van der Waals surface area (Å²) in [4.78, 5) is 50.7. The number of nitrogens with one attached hydrogen (secondary N) is 2. The summed E-state index contributed by atoms with van der Waals surface area (Å²) in [7, 11) is 0. The molecule has 0 aliphatic heterocycles. The van der Waals surface area contributed by atoms with Gasteiger partial charge in [0.05, 0.1) is 75.6 Å². The molecule has 1 aromatic carbocycles. The van der Waals surface area contributed by atoms with Gasteiger partial charge in [-0.1, -0.05) is 90.9 Å². The van der Waals surface area contributed by atoms with Crippen molar-refractivity contribution in [1.29, 1.82) is 10.5 Å². The third kappa shape index (κ3) is 23.7. The summed E-state index contributed by atoms with van der Waals surface area (Å²) in [6.07, 6.45) is 13.1. The monoisotopic (exact) mass is 928 g/mol. The van der Waals surface area contributed by atoms with E-state index in [0.717, 1.165) is 81.1 Å². The summed E-state index contributed by atoms with van der Waals surface area (Å²) >= 11 is 1.20. The number of ether oxygens (including phenoxy) is 5. The molecule has 0 spiro atoms. The van der Waals surface area contributed by atoms with E-state index in [1.807, 2.05) is 25.1 Å². The molecule has 362 valence electrons. The van der Waals surface area contributed by atoms with Gasteiger partial charge >= 0.3 is 23.9 Å². The van der Waals surface area contributed by atoms with E-state index in [-0.39, 0.29) is 45.9 Å². The van der Waals surface area contributed by atoms with Crippen LogP contribution in [-0.4, -0.2) is 100 Å². The van der Waals surface area contributed by atoms with Gasteiger partial charge in [-0.3, -0.25) is 30.0 Å². The van der Waals surface area contributed by atoms with Crippen LogP contribution in [0.15, 0.2) is 18.2 Å². The number of carbonyl (C=O) groups excluding carboxylic acids is 2. The number of thiophene rings is 1. The molecule has 1 aromatic heterocycles. The molecular formula is C48H73N5O11S. The van der Waals surface area contributed by atoms with Gasteiger partial charge in [-0.15, -0.1) is 11.3 Å². The van der Waals surface area contributed by atoms with E-state index in [4.69, 9.17) is 23.7 Å². The molecule has 4 N–H and O–H groups in total. The number of aryl methyl sites for hydroxylation is 1. The van der Waals surface area contributed by atoms with Crippen LogP contribution in [-0.2, 0) is 42.9 Å². The number of esters is 2. The summed E-state index contributed by atoms with van der Waals surface area (Å²) in [5.74, 6) is -4.59. The van der Waals surface area contributed by atoms with Gasteiger partial charge in [0.2, 0.25) is 0 Å². The number of hydrogen-bond acceptors (Lipinski definition) is 15. The van der Waals surface area contributed by atoms with E-state index in [2.05, 4.69) is 41.7 Å². The Bertz CT molecular complexity index is 1790. The van der Waals surface area contributed by atoms with Crippen molar-refractivity contribution in [1.82, 2.24) is 0 Å². The molecule has 2 rings (SSSR count). The quantitative estimate of drug-likeness (QED) is 0.0278. The highest BCUT2D eigenvalue weighted by Crippen LogP contribution is 2.32. The Morgan fingerprint density at radius 1 is 0.662 bits per heavy atom. The topological polar surface area (TPSA) is 230 Å². The number of nitrogens with zero attached hydrogens (tertiary/aromatic N) is 3. The Hall–Kier alpha value is -4.94. The summed E-state index contributed by atoms with van der Waals surface area (Å²) in [5.41, 5.74) is 9.84. The maximum atomic E-state index is 12.4. The van der Waals surface area contributed by atoms with Crippen LogP contribution in [0.25, 0.3) is 0 Å². The van der Waals surface area contributed by atoms with Crippen molar-refractivity contribution in [3.8, 4) is 12.1 Å². The number of hydrogen-bond donors (Lipinski definition) is 4. The molecule has 16 nitrogen and oxygen atoms in total. The average Bonchev–Trinajstić information content (AvgIpc) is 3.60.